The number of rotatable bonds is 2. The molecule has 0 radical (unpaired) electrons. The summed E-state index contributed by atoms with van der Waals surface area (Å²) in [5.74, 6) is 6.81. The van der Waals surface area contributed by atoms with Crippen LogP contribution < -0.4 is 5.32 Å². The van der Waals surface area contributed by atoms with E-state index in [0.29, 0.717) is 0 Å². The highest BCUT2D eigenvalue weighted by Gasteiger charge is 2.46. The number of nitrogens with one attached hydrogen (secondary N) is 1. The van der Waals surface area contributed by atoms with Crippen molar-refractivity contribution >= 4 is 5.91 Å². The Kier molecular flexibility index (Phi) is 5.47. The number of nitrogens with zero attached hydrogens (tertiary/aromatic N) is 2. The van der Waals surface area contributed by atoms with Gasteiger partial charge in [0.2, 0.25) is 5.91 Å². The summed E-state index contributed by atoms with van der Waals surface area (Å²) in [6.07, 6.45) is 1.76. The Balaban J connectivity index is 1.45. The quantitative estimate of drug-likeness (QED) is 0.822. The number of hydrogen-bond acceptors (Lipinski definition) is 3. The molecule has 0 bridgehead atoms. The number of amides is 1. The molecular weight excluding hydrogens is 346 g/mol. The van der Waals surface area contributed by atoms with Crippen LogP contribution in [0.3, 0.4) is 0 Å². The minimum atomic E-state index is -0.318. The van der Waals surface area contributed by atoms with Crippen molar-refractivity contribution in [2.45, 2.75) is 24.9 Å². The molecule has 2 aromatic rings. The smallest absolute Gasteiger partial charge is 0.240 e. The molecule has 0 unspecified atom stereocenters. The minimum Gasteiger partial charge on any atom is -0.353 e. The van der Waals surface area contributed by atoms with Crippen LogP contribution >= 0.6 is 0 Å². The van der Waals surface area contributed by atoms with E-state index in [1.54, 1.807) is 0 Å². The van der Waals surface area contributed by atoms with Crippen molar-refractivity contribution in [3.8, 4) is 11.8 Å². The van der Waals surface area contributed by atoms with Crippen LogP contribution in [0.4, 0.5) is 0 Å². The molecule has 144 valence electrons. The fourth-order valence-electron chi connectivity index (χ4n) is 4.26. The van der Waals surface area contributed by atoms with Crippen LogP contribution in [0, 0.1) is 11.8 Å². The lowest BCUT2D eigenvalue weighted by molar-refractivity contribution is -0.140. The van der Waals surface area contributed by atoms with E-state index in [0.717, 1.165) is 56.7 Å². The van der Waals surface area contributed by atoms with Gasteiger partial charge in [-0.2, -0.15) is 0 Å². The Morgan fingerprint density at radius 3 is 2.43 bits per heavy atom. The number of piperidine rings is 1. The third-order valence-corrected chi connectivity index (χ3v) is 6.10. The molecule has 1 spiro atoms. The maximum Gasteiger partial charge on any atom is 0.240 e. The molecule has 0 aliphatic carbocycles. The molecule has 2 aliphatic heterocycles. The molecule has 2 aliphatic rings. The number of likely N-dealkylation sites (N-methyl/N-ethyl adjacent to an activating group) is 1. The molecule has 4 nitrogen and oxygen atoms in total. The number of carbonyl (C=O) groups is 1. The highest BCUT2D eigenvalue weighted by molar-refractivity contribution is 5.87. The van der Waals surface area contributed by atoms with Crippen molar-refractivity contribution in [2.75, 3.05) is 33.2 Å². The standard InChI is InChI=1S/C24H27N3O/c1-26-18-15-25-23(28)24(26)13-16-27(17-14-24)19-22-10-6-5-9-21(22)12-11-20-7-3-2-4-8-20/h2-10H,13-19H2,1H3,(H,25,28). The monoisotopic (exact) mass is 373 g/mol. The summed E-state index contributed by atoms with van der Waals surface area (Å²) in [7, 11) is 2.09. The number of piperazine rings is 1. The first-order valence-electron chi connectivity index (χ1n) is 10.0. The largest absolute Gasteiger partial charge is 0.353 e. The minimum absolute atomic E-state index is 0.204. The molecule has 4 heteroatoms. The number of likely N-dealkylation sites (tertiary alicyclic amines) is 1. The summed E-state index contributed by atoms with van der Waals surface area (Å²) in [4.78, 5) is 17.2. The zero-order valence-corrected chi connectivity index (χ0v) is 16.4. The predicted molar refractivity (Wildman–Crippen MR) is 112 cm³/mol. The van der Waals surface area contributed by atoms with Gasteiger partial charge in [-0.15, -0.1) is 0 Å². The summed E-state index contributed by atoms with van der Waals surface area (Å²) >= 11 is 0. The van der Waals surface area contributed by atoms with E-state index in [4.69, 9.17) is 0 Å². The van der Waals surface area contributed by atoms with Crippen LogP contribution in [0.25, 0.3) is 0 Å². The third-order valence-electron chi connectivity index (χ3n) is 6.10. The molecule has 2 fully saturated rings. The van der Waals surface area contributed by atoms with E-state index in [-0.39, 0.29) is 11.4 Å². The molecule has 1 N–H and O–H groups in total. The van der Waals surface area contributed by atoms with Crippen molar-refractivity contribution < 1.29 is 4.79 Å². The third kappa shape index (κ3) is 3.82. The van der Waals surface area contributed by atoms with E-state index in [9.17, 15) is 4.79 Å². The van der Waals surface area contributed by atoms with Crippen LogP contribution in [-0.2, 0) is 11.3 Å². The maximum atomic E-state index is 12.5. The van der Waals surface area contributed by atoms with Gasteiger partial charge in [0.05, 0.1) is 0 Å². The van der Waals surface area contributed by atoms with Gasteiger partial charge in [-0.3, -0.25) is 14.6 Å². The Morgan fingerprint density at radius 1 is 0.964 bits per heavy atom. The summed E-state index contributed by atoms with van der Waals surface area (Å²) in [6.45, 7) is 4.43. The molecule has 2 heterocycles. The summed E-state index contributed by atoms with van der Waals surface area (Å²) in [6, 6.07) is 18.5. The van der Waals surface area contributed by atoms with Gasteiger partial charge in [-0.05, 0) is 43.7 Å². The number of carbonyl (C=O) groups excluding carboxylic acids is 1. The van der Waals surface area contributed by atoms with Crippen molar-refractivity contribution in [1.82, 2.24) is 15.1 Å². The fraction of sp³-hybridized carbons (Fsp3) is 0.375. The van der Waals surface area contributed by atoms with E-state index >= 15 is 0 Å². The van der Waals surface area contributed by atoms with Gasteiger partial charge in [-0.1, -0.05) is 48.2 Å². The van der Waals surface area contributed by atoms with Crippen molar-refractivity contribution in [3.63, 3.8) is 0 Å². The lowest BCUT2D eigenvalue weighted by Crippen LogP contribution is -2.66. The van der Waals surface area contributed by atoms with Crippen LogP contribution in [0.1, 0.15) is 29.5 Å². The van der Waals surface area contributed by atoms with Crippen molar-refractivity contribution in [1.29, 1.82) is 0 Å². The summed E-state index contributed by atoms with van der Waals surface area (Å²) < 4.78 is 0. The maximum absolute atomic E-state index is 12.5. The average molecular weight is 374 g/mol. The second-order valence-electron chi connectivity index (χ2n) is 7.76. The van der Waals surface area contributed by atoms with Crippen LogP contribution in [0.15, 0.2) is 54.6 Å². The van der Waals surface area contributed by atoms with Gasteiger partial charge in [0.25, 0.3) is 0 Å². The van der Waals surface area contributed by atoms with Gasteiger partial charge in [-0.25, -0.2) is 0 Å². The van der Waals surface area contributed by atoms with Crippen molar-refractivity contribution in [3.05, 3.63) is 71.3 Å². The molecule has 2 saturated heterocycles. The Morgan fingerprint density at radius 2 is 1.68 bits per heavy atom. The molecule has 28 heavy (non-hydrogen) atoms. The van der Waals surface area contributed by atoms with E-state index in [2.05, 4.69) is 52.2 Å². The molecule has 2 aromatic carbocycles. The van der Waals surface area contributed by atoms with Crippen LogP contribution in [0.2, 0.25) is 0 Å². The Bertz CT molecular complexity index is 889. The van der Waals surface area contributed by atoms with Gasteiger partial charge >= 0.3 is 0 Å². The molecule has 0 aromatic heterocycles. The van der Waals surface area contributed by atoms with E-state index in [1.165, 1.54) is 5.56 Å². The van der Waals surface area contributed by atoms with Gasteiger partial charge in [0, 0.05) is 43.9 Å². The molecule has 1 amide bonds. The normalized spacial score (nSPS) is 19.7. The second-order valence-corrected chi connectivity index (χ2v) is 7.76. The van der Waals surface area contributed by atoms with Crippen LogP contribution in [-0.4, -0.2) is 54.5 Å². The van der Waals surface area contributed by atoms with Gasteiger partial charge < -0.3 is 5.32 Å². The number of benzene rings is 2. The second kappa shape index (κ2) is 8.18. The summed E-state index contributed by atoms with van der Waals surface area (Å²) in [5, 5.41) is 3.06. The average Bonchev–Trinajstić information content (AvgIpc) is 2.73. The zero-order chi connectivity index (χ0) is 19.4. The number of hydrogen-bond donors (Lipinski definition) is 1. The first-order chi connectivity index (χ1) is 13.7. The first-order valence-corrected chi connectivity index (χ1v) is 10.0. The topological polar surface area (TPSA) is 35.6 Å². The Hall–Kier alpha value is -2.61. The molecule has 0 atom stereocenters. The SMILES string of the molecule is CN1CCNC(=O)C12CCN(Cc1ccccc1C#Cc1ccccc1)CC2. The fourth-order valence-corrected chi connectivity index (χ4v) is 4.26. The molecular formula is C24H27N3O. The lowest BCUT2D eigenvalue weighted by atomic mass is 9.83. The van der Waals surface area contributed by atoms with E-state index < -0.39 is 0 Å². The molecule has 0 saturated carbocycles. The highest BCUT2D eigenvalue weighted by atomic mass is 16.2. The van der Waals surface area contributed by atoms with E-state index in [1.807, 2.05) is 36.4 Å². The Labute approximate surface area is 167 Å². The lowest BCUT2D eigenvalue weighted by Gasteiger charge is -2.48. The van der Waals surface area contributed by atoms with Gasteiger partial charge in [0.1, 0.15) is 5.54 Å². The summed E-state index contributed by atoms with van der Waals surface area (Å²) in [5.41, 5.74) is 3.05. The van der Waals surface area contributed by atoms with Gasteiger partial charge in [0.15, 0.2) is 0 Å². The highest BCUT2D eigenvalue weighted by Crippen LogP contribution is 2.30. The van der Waals surface area contributed by atoms with Crippen molar-refractivity contribution in [2.24, 2.45) is 0 Å². The predicted octanol–water partition coefficient (Wildman–Crippen LogP) is 2.48. The molecule has 4 rings (SSSR count). The van der Waals surface area contributed by atoms with Crippen LogP contribution in [0.5, 0.6) is 0 Å². The zero-order valence-electron chi connectivity index (χ0n) is 16.4. The first kappa shape index (κ1) is 18.7.